The van der Waals surface area contributed by atoms with E-state index < -0.39 is 0 Å². The standard InChI is InChI=1S/C24H18ClNO2/c1-28-20-14-8-13-19(15-20)26-21(17-9-4-2-5-10-17)16-22(27)23(25)24(26)18-11-6-3-7-12-18/h2-16H,1H3. The number of halogens is 1. The van der Waals surface area contributed by atoms with Crippen LogP contribution in [0.25, 0.3) is 28.2 Å². The lowest BCUT2D eigenvalue weighted by molar-refractivity contribution is 0.414. The van der Waals surface area contributed by atoms with Crippen molar-refractivity contribution in [3.8, 4) is 34.0 Å². The second-order valence-corrected chi connectivity index (χ2v) is 6.70. The summed E-state index contributed by atoms with van der Waals surface area (Å²) in [7, 11) is 1.63. The number of methoxy groups -OCH3 is 1. The van der Waals surface area contributed by atoms with Crippen molar-refractivity contribution >= 4 is 11.6 Å². The zero-order valence-electron chi connectivity index (χ0n) is 15.3. The monoisotopic (exact) mass is 387 g/mol. The van der Waals surface area contributed by atoms with Crippen LogP contribution < -0.4 is 10.2 Å². The molecule has 4 aromatic rings. The van der Waals surface area contributed by atoms with Crippen molar-refractivity contribution in [3.63, 3.8) is 0 Å². The fourth-order valence-electron chi connectivity index (χ4n) is 3.28. The SMILES string of the molecule is COc1cccc(-n2c(-c3ccccc3)cc(=O)c(Cl)c2-c2ccccc2)c1. The van der Waals surface area contributed by atoms with Crippen LogP contribution in [0.4, 0.5) is 0 Å². The first-order chi connectivity index (χ1) is 13.7. The van der Waals surface area contributed by atoms with Crippen LogP contribution in [0.2, 0.25) is 5.02 Å². The van der Waals surface area contributed by atoms with E-state index in [2.05, 4.69) is 0 Å². The molecule has 28 heavy (non-hydrogen) atoms. The number of rotatable bonds is 4. The van der Waals surface area contributed by atoms with E-state index in [1.807, 2.05) is 89.5 Å². The molecule has 4 rings (SSSR count). The molecule has 0 aliphatic carbocycles. The van der Waals surface area contributed by atoms with Crippen LogP contribution in [-0.2, 0) is 0 Å². The van der Waals surface area contributed by atoms with E-state index in [1.165, 1.54) is 0 Å². The molecule has 0 N–H and O–H groups in total. The van der Waals surface area contributed by atoms with E-state index in [0.29, 0.717) is 5.69 Å². The summed E-state index contributed by atoms with van der Waals surface area (Å²) in [5, 5.41) is 0.189. The van der Waals surface area contributed by atoms with Gasteiger partial charge in [-0.3, -0.25) is 4.79 Å². The van der Waals surface area contributed by atoms with Crippen molar-refractivity contribution in [1.29, 1.82) is 0 Å². The number of benzene rings is 3. The minimum atomic E-state index is -0.210. The van der Waals surface area contributed by atoms with Crippen LogP contribution in [0.3, 0.4) is 0 Å². The molecule has 0 fully saturated rings. The van der Waals surface area contributed by atoms with Gasteiger partial charge in [-0.2, -0.15) is 0 Å². The average Bonchev–Trinajstić information content (AvgIpc) is 2.76. The molecule has 0 spiro atoms. The lowest BCUT2D eigenvalue weighted by atomic mass is 10.1. The van der Waals surface area contributed by atoms with E-state index in [1.54, 1.807) is 13.2 Å². The summed E-state index contributed by atoms with van der Waals surface area (Å²) in [6.07, 6.45) is 0. The number of nitrogens with zero attached hydrogens (tertiary/aromatic N) is 1. The number of pyridine rings is 1. The Morgan fingerprint density at radius 1 is 0.786 bits per heavy atom. The first kappa shape index (κ1) is 18.1. The zero-order valence-corrected chi connectivity index (χ0v) is 16.1. The van der Waals surface area contributed by atoms with Crippen molar-refractivity contribution in [3.05, 3.63) is 106 Å². The van der Waals surface area contributed by atoms with Crippen LogP contribution in [0.5, 0.6) is 5.75 Å². The molecule has 0 saturated heterocycles. The fraction of sp³-hybridized carbons (Fsp3) is 0.0417. The molecule has 0 amide bonds. The largest absolute Gasteiger partial charge is 0.497 e. The van der Waals surface area contributed by atoms with E-state index in [9.17, 15) is 4.79 Å². The molecule has 0 aliphatic rings. The van der Waals surface area contributed by atoms with Gasteiger partial charge in [0.1, 0.15) is 10.8 Å². The quantitative estimate of drug-likeness (QED) is 0.441. The number of hydrogen-bond acceptors (Lipinski definition) is 2. The number of aromatic nitrogens is 1. The first-order valence-electron chi connectivity index (χ1n) is 8.90. The number of hydrogen-bond donors (Lipinski definition) is 0. The lowest BCUT2D eigenvalue weighted by Gasteiger charge is -2.21. The molecule has 1 heterocycles. The molecule has 0 radical (unpaired) electrons. The van der Waals surface area contributed by atoms with Gasteiger partial charge >= 0.3 is 0 Å². The van der Waals surface area contributed by atoms with Gasteiger partial charge in [0.05, 0.1) is 18.5 Å². The van der Waals surface area contributed by atoms with Crippen LogP contribution in [0.15, 0.2) is 95.8 Å². The predicted octanol–water partition coefficient (Wildman–Crippen LogP) is 5.83. The van der Waals surface area contributed by atoms with Gasteiger partial charge < -0.3 is 9.30 Å². The molecule has 1 aromatic heterocycles. The lowest BCUT2D eigenvalue weighted by Crippen LogP contribution is -2.13. The molecule has 0 unspecified atom stereocenters. The van der Waals surface area contributed by atoms with Gasteiger partial charge in [0.25, 0.3) is 0 Å². The Hall–Kier alpha value is -3.30. The van der Waals surface area contributed by atoms with E-state index in [4.69, 9.17) is 16.3 Å². The van der Waals surface area contributed by atoms with Crippen LogP contribution in [0, 0.1) is 0 Å². The normalized spacial score (nSPS) is 10.6. The maximum atomic E-state index is 12.7. The molecule has 0 bridgehead atoms. The molecule has 138 valence electrons. The molecule has 3 nitrogen and oxygen atoms in total. The van der Waals surface area contributed by atoms with Crippen molar-refractivity contribution in [2.45, 2.75) is 0 Å². The third-order valence-corrected chi connectivity index (χ3v) is 4.95. The summed E-state index contributed by atoms with van der Waals surface area (Å²) in [6, 6.07) is 28.8. The highest BCUT2D eigenvalue weighted by atomic mass is 35.5. The molecule has 0 saturated carbocycles. The summed E-state index contributed by atoms with van der Waals surface area (Å²) < 4.78 is 7.42. The van der Waals surface area contributed by atoms with Gasteiger partial charge in [0.15, 0.2) is 0 Å². The number of ether oxygens (including phenoxy) is 1. The molecule has 0 atom stereocenters. The van der Waals surface area contributed by atoms with Crippen molar-refractivity contribution in [1.82, 2.24) is 4.57 Å². The Kier molecular flexibility index (Phi) is 5.00. The predicted molar refractivity (Wildman–Crippen MR) is 114 cm³/mol. The van der Waals surface area contributed by atoms with Gasteiger partial charge in [-0.1, -0.05) is 78.3 Å². The molecule has 0 aliphatic heterocycles. The fourth-order valence-corrected chi connectivity index (χ4v) is 3.53. The van der Waals surface area contributed by atoms with Crippen LogP contribution in [0.1, 0.15) is 0 Å². The zero-order chi connectivity index (χ0) is 19.5. The smallest absolute Gasteiger partial charge is 0.201 e. The highest BCUT2D eigenvalue weighted by molar-refractivity contribution is 6.33. The summed E-state index contributed by atoms with van der Waals surface area (Å²) in [5.74, 6) is 0.727. The van der Waals surface area contributed by atoms with Crippen LogP contribution >= 0.6 is 11.6 Å². The van der Waals surface area contributed by atoms with Crippen molar-refractivity contribution < 1.29 is 4.74 Å². The highest BCUT2D eigenvalue weighted by Crippen LogP contribution is 2.34. The first-order valence-corrected chi connectivity index (χ1v) is 9.27. The second-order valence-electron chi connectivity index (χ2n) is 6.33. The molecule has 4 heteroatoms. The van der Waals surface area contributed by atoms with Gasteiger partial charge in [-0.25, -0.2) is 0 Å². The summed E-state index contributed by atoms with van der Waals surface area (Å²) in [6.45, 7) is 0. The topological polar surface area (TPSA) is 31.2 Å². The molecular weight excluding hydrogens is 370 g/mol. The van der Waals surface area contributed by atoms with Gasteiger partial charge in [-0.15, -0.1) is 0 Å². The van der Waals surface area contributed by atoms with Gasteiger partial charge in [0, 0.05) is 23.4 Å². The van der Waals surface area contributed by atoms with Crippen LogP contribution in [-0.4, -0.2) is 11.7 Å². The minimum Gasteiger partial charge on any atom is -0.497 e. The third-order valence-electron chi connectivity index (χ3n) is 4.58. The maximum Gasteiger partial charge on any atom is 0.201 e. The molecular formula is C24H18ClNO2. The van der Waals surface area contributed by atoms with E-state index in [0.717, 1.165) is 28.3 Å². The van der Waals surface area contributed by atoms with Gasteiger partial charge in [0.2, 0.25) is 5.43 Å². The van der Waals surface area contributed by atoms with E-state index in [-0.39, 0.29) is 10.5 Å². The Labute approximate surface area is 168 Å². The highest BCUT2D eigenvalue weighted by Gasteiger charge is 2.18. The summed E-state index contributed by atoms with van der Waals surface area (Å²) in [4.78, 5) is 12.7. The summed E-state index contributed by atoms with van der Waals surface area (Å²) >= 11 is 6.55. The Bertz CT molecular complexity index is 1170. The van der Waals surface area contributed by atoms with Crippen molar-refractivity contribution in [2.24, 2.45) is 0 Å². The van der Waals surface area contributed by atoms with Gasteiger partial charge in [-0.05, 0) is 17.7 Å². The Balaban J connectivity index is 2.13. The Morgan fingerprint density at radius 2 is 1.43 bits per heavy atom. The Morgan fingerprint density at radius 3 is 2.07 bits per heavy atom. The molecule has 3 aromatic carbocycles. The van der Waals surface area contributed by atoms with Crippen molar-refractivity contribution in [2.75, 3.05) is 7.11 Å². The van der Waals surface area contributed by atoms with E-state index >= 15 is 0 Å². The average molecular weight is 388 g/mol. The second kappa shape index (κ2) is 7.75. The maximum absolute atomic E-state index is 12.7. The minimum absolute atomic E-state index is 0.189. The third kappa shape index (κ3) is 3.32. The summed E-state index contributed by atoms with van der Waals surface area (Å²) in [5.41, 5.74) is 3.86.